The Kier molecular flexibility index (Phi) is 6.34. The molecule has 0 heterocycles. The van der Waals surface area contributed by atoms with E-state index in [-0.39, 0.29) is 6.04 Å². The van der Waals surface area contributed by atoms with Gasteiger partial charge in [-0.3, -0.25) is 4.21 Å². The molecule has 112 valence electrons. The van der Waals surface area contributed by atoms with Crippen molar-refractivity contribution in [1.29, 1.82) is 0 Å². The fourth-order valence-corrected chi connectivity index (χ4v) is 5.00. The minimum Gasteiger partial charge on any atom is -0.316 e. The second-order valence-corrected chi connectivity index (χ2v) is 7.69. The van der Waals surface area contributed by atoms with Gasteiger partial charge in [-0.15, -0.1) is 0 Å². The lowest BCUT2D eigenvalue weighted by Gasteiger charge is -2.29. The summed E-state index contributed by atoms with van der Waals surface area (Å²) in [7, 11) is 0.839. The van der Waals surface area contributed by atoms with Gasteiger partial charge in [0.15, 0.2) is 0 Å². The van der Waals surface area contributed by atoms with Gasteiger partial charge in [0, 0.05) is 16.8 Å². The molecule has 2 rings (SSSR count). The van der Waals surface area contributed by atoms with Crippen molar-refractivity contribution in [3.05, 3.63) is 28.2 Å². The Hall–Kier alpha value is -0.0900. The van der Waals surface area contributed by atoms with E-state index in [1.54, 1.807) is 18.2 Å². The van der Waals surface area contributed by atoms with Gasteiger partial charge in [-0.2, -0.15) is 0 Å². The predicted molar refractivity (Wildman–Crippen MR) is 87.2 cm³/mol. The van der Waals surface area contributed by atoms with Crippen molar-refractivity contribution < 1.29 is 4.21 Å². The summed E-state index contributed by atoms with van der Waals surface area (Å²) in [6.45, 7) is 0. The van der Waals surface area contributed by atoms with Gasteiger partial charge in [0.1, 0.15) is 0 Å². The third-order valence-corrected chi connectivity index (χ3v) is 6.23. The number of rotatable bonds is 5. The maximum atomic E-state index is 12.6. The van der Waals surface area contributed by atoms with Gasteiger partial charge in [-0.25, -0.2) is 0 Å². The number of hydrogen-bond acceptors (Lipinski definition) is 2. The smallest absolute Gasteiger partial charge is 0.0589 e. The zero-order chi connectivity index (χ0) is 14.5. The summed E-state index contributed by atoms with van der Waals surface area (Å²) in [5, 5.41) is 4.45. The van der Waals surface area contributed by atoms with Crippen LogP contribution in [0.25, 0.3) is 0 Å². The topological polar surface area (TPSA) is 29.1 Å². The van der Waals surface area contributed by atoms with Crippen molar-refractivity contribution in [1.82, 2.24) is 5.32 Å². The molecule has 1 aromatic carbocycles. The third-order valence-electron chi connectivity index (χ3n) is 4.06. The minimum atomic E-state index is -1.12. The van der Waals surface area contributed by atoms with Gasteiger partial charge < -0.3 is 5.32 Å². The van der Waals surface area contributed by atoms with Crippen LogP contribution in [0.15, 0.2) is 23.1 Å². The average molecular weight is 334 g/mol. The van der Waals surface area contributed by atoms with Gasteiger partial charge in [-0.1, -0.05) is 42.5 Å². The zero-order valence-electron chi connectivity index (χ0n) is 11.7. The highest BCUT2D eigenvalue weighted by Crippen LogP contribution is 2.29. The number of nitrogens with one attached hydrogen (secondary N) is 1. The molecule has 2 atom stereocenters. The van der Waals surface area contributed by atoms with E-state index in [4.69, 9.17) is 23.2 Å². The Morgan fingerprint density at radius 2 is 2.00 bits per heavy atom. The van der Waals surface area contributed by atoms with E-state index in [0.717, 1.165) is 0 Å². The van der Waals surface area contributed by atoms with E-state index in [0.29, 0.717) is 26.6 Å². The Bertz CT molecular complexity index is 475. The highest BCUT2D eigenvalue weighted by Gasteiger charge is 2.25. The molecule has 1 saturated carbocycles. The molecular weight excluding hydrogens is 313 g/mol. The number of hydrogen-bond donors (Lipinski definition) is 1. The summed E-state index contributed by atoms with van der Waals surface area (Å²) in [6, 6.07) is 5.44. The normalized spacial score (nSPS) is 19.8. The quantitative estimate of drug-likeness (QED) is 0.871. The zero-order valence-corrected chi connectivity index (χ0v) is 14.0. The molecule has 0 amide bonds. The monoisotopic (exact) mass is 333 g/mol. The molecule has 0 aliphatic heterocycles. The molecule has 2 unspecified atom stereocenters. The van der Waals surface area contributed by atoms with Crippen LogP contribution < -0.4 is 5.32 Å². The molecule has 0 saturated heterocycles. The molecule has 5 heteroatoms. The SMILES string of the molecule is CNC(CS(=O)c1cc(Cl)ccc1Cl)C1CCCCC1. The van der Waals surface area contributed by atoms with Crippen LogP contribution in [0.4, 0.5) is 0 Å². The average Bonchev–Trinajstić information content (AvgIpc) is 2.48. The summed E-state index contributed by atoms with van der Waals surface area (Å²) >= 11 is 12.1. The van der Waals surface area contributed by atoms with E-state index in [9.17, 15) is 4.21 Å². The van der Waals surface area contributed by atoms with Gasteiger partial charge in [0.25, 0.3) is 0 Å². The molecular formula is C15H21Cl2NOS. The summed E-state index contributed by atoms with van der Waals surface area (Å²) in [5.74, 6) is 1.22. The molecule has 20 heavy (non-hydrogen) atoms. The Labute approximate surface area is 133 Å². The second kappa shape index (κ2) is 7.79. The molecule has 2 nitrogen and oxygen atoms in total. The van der Waals surface area contributed by atoms with Crippen LogP contribution in [0.5, 0.6) is 0 Å². The fourth-order valence-electron chi connectivity index (χ4n) is 2.90. The van der Waals surface area contributed by atoms with E-state index in [2.05, 4.69) is 5.32 Å². The van der Waals surface area contributed by atoms with Crippen molar-refractivity contribution in [2.24, 2.45) is 5.92 Å². The highest BCUT2D eigenvalue weighted by molar-refractivity contribution is 7.85. The van der Waals surface area contributed by atoms with Crippen molar-refractivity contribution in [3.8, 4) is 0 Å². The van der Waals surface area contributed by atoms with Crippen molar-refractivity contribution in [3.63, 3.8) is 0 Å². The first-order valence-electron chi connectivity index (χ1n) is 7.12. The summed E-state index contributed by atoms with van der Waals surface area (Å²) < 4.78 is 12.6. The molecule has 1 fully saturated rings. The fraction of sp³-hybridized carbons (Fsp3) is 0.600. The highest BCUT2D eigenvalue weighted by atomic mass is 35.5. The van der Waals surface area contributed by atoms with Crippen LogP contribution in [0.3, 0.4) is 0 Å². The third kappa shape index (κ3) is 4.20. The van der Waals surface area contributed by atoms with Gasteiger partial charge in [0.2, 0.25) is 0 Å². The second-order valence-electron chi connectivity index (χ2n) is 5.38. The van der Waals surface area contributed by atoms with E-state index < -0.39 is 10.8 Å². The molecule has 1 aromatic rings. The standard InChI is InChI=1S/C15H21Cl2NOS/c1-18-14(11-5-3-2-4-6-11)10-20(19)15-9-12(16)7-8-13(15)17/h7-9,11,14,18H,2-6,10H2,1H3. The lowest BCUT2D eigenvalue weighted by atomic mass is 9.84. The molecule has 0 aromatic heterocycles. The van der Waals surface area contributed by atoms with Gasteiger partial charge in [0.05, 0.1) is 20.7 Å². The Morgan fingerprint density at radius 3 is 2.65 bits per heavy atom. The largest absolute Gasteiger partial charge is 0.316 e. The molecule has 0 bridgehead atoms. The van der Waals surface area contributed by atoms with Crippen LogP contribution >= 0.6 is 23.2 Å². The van der Waals surface area contributed by atoms with E-state index in [1.165, 1.54) is 32.1 Å². The van der Waals surface area contributed by atoms with Gasteiger partial charge in [-0.05, 0) is 44.0 Å². The van der Waals surface area contributed by atoms with Crippen LogP contribution in [0, 0.1) is 5.92 Å². The van der Waals surface area contributed by atoms with Crippen LogP contribution in [-0.4, -0.2) is 23.1 Å². The maximum Gasteiger partial charge on any atom is 0.0589 e. The van der Waals surface area contributed by atoms with Crippen LogP contribution in [0.2, 0.25) is 10.0 Å². The molecule has 1 aliphatic carbocycles. The summed E-state index contributed by atoms with van der Waals surface area (Å²) in [6.07, 6.45) is 6.36. The lowest BCUT2D eigenvalue weighted by molar-refractivity contribution is 0.294. The summed E-state index contributed by atoms with van der Waals surface area (Å²) in [5.41, 5.74) is 0. The number of halogens is 2. The van der Waals surface area contributed by atoms with Gasteiger partial charge >= 0.3 is 0 Å². The predicted octanol–water partition coefficient (Wildman–Crippen LogP) is 4.27. The first-order valence-corrected chi connectivity index (χ1v) is 9.20. The molecule has 0 spiro atoms. The van der Waals surface area contributed by atoms with Crippen LogP contribution in [0.1, 0.15) is 32.1 Å². The molecule has 1 N–H and O–H groups in total. The van der Waals surface area contributed by atoms with Crippen molar-refractivity contribution in [2.75, 3.05) is 12.8 Å². The van der Waals surface area contributed by atoms with Crippen LogP contribution in [-0.2, 0) is 10.8 Å². The first-order chi connectivity index (χ1) is 9.61. The number of benzene rings is 1. The van der Waals surface area contributed by atoms with Crippen molar-refractivity contribution in [2.45, 2.75) is 43.0 Å². The maximum absolute atomic E-state index is 12.6. The molecule has 0 radical (unpaired) electrons. The van der Waals surface area contributed by atoms with E-state index >= 15 is 0 Å². The minimum absolute atomic E-state index is 0.284. The Morgan fingerprint density at radius 1 is 1.30 bits per heavy atom. The summed E-state index contributed by atoms with van der Waals surface area (Å²) in [4.78, 5) is 0.648. The Balaban J connectivity index is 2.06. The first kappa shape index (κ1) is 16.3. The van der Waals surface area contributed by atoms with E-state index in [1.807, 2.05) is 7.05 Å². The molecule has 1 aliphatic rings. The van der Waals surface area contributed by atoms with Crippen molar-refractivity contribution >= 4 is 34.0 Å². The lowest BCUT2D eigenvalue weighted by Crippen LogP contribution is -2.39.